The van der Waals surface area contributed by atoms with E-state index >= 15 is 0 Å². The van der Waals surface area contributed by atoms with Gasteiger partial charge in [-0.1, -0.05) is 6.07 Å². The van der Waals surface area contributed by atoms with Gasteiger partial charge >= 0.3 is 0 Å². The second-order valence-corrected chi connectivity index (χ2v) is 3.33. The molecule has 2 aromatic rings. The highest BCUT2D eigenvalue weighted by Crippen LogP contribution is 2.16. The first kappa shape index (κ1) is 7.64. The van der Waals surface area contributed by atoms with Crippen molar-refractivity contribution in [3.05, 3.63) is 23.8 Å². The van der Waals surface area contributed by atoms with Crippen molar-refractivity contribution in [1.29, 1.82) is 0 Å². The van der Waals surface area contributed by atoms with Gasteiger partial charge in [-0.15, -0.1) is 0 Å². The Kier molecular flexibility index (Phi) is 1.78. The maximum Gasteiger partial charge on any atom is 0.105 e. The summed E-state index contributed by atoms with van der Waals surface area (Å²) in [6.45, 7) is 1.96. The van der Waals surface area contributed by atoms with Crippen molar-refractivity contribution in [2.45, 2.75) is 13.0 Å². The molecule has 0 aliphatic heterocycles. The molecule has 0 aliphatic carbocycles. The summed E-state index contributed by atoms with van der Waals surface area (Å²) < 4.78 is 8.25. The maximum atomic E-state index is 5.73. The predicted octanol–water partition coefficient (Wildman–Crippen LogP) is 1.71. The molecule has 12 heavy (non-hydrogen) atoms. The number of benzene rings is 1. The predicted molar refractivity (Wildman–Crippen MR) is 50.0 cm³/mol. The monoisotopic (exact) mass is 179 g/mol. The first-order chi connectivity index (χ1) is 5.77. The van der Waals surface area contributed by atoms with Crippen LogP contribution in [0.1, 0.15) is 18.5 Å². The van der Waals surface area contributed by atoms with Gasteiger partial charge in [0, 0.05) is 6.04 Å². The Morgan fingerprint density at radius 3 is 2.83 bits per heavy atom. The molecular formula is C8H9N3S. The first-order valence-electron chi connectivity index (χ1n) is 3.75. The minimum atomic E-state index is 0.0658. The van der Waals surface area contributed by atoms with Crippen LogP contribution < -0.4 is 5.73 Å². The van der Waals surface area contributed by atoms with Crippen LogP contribution in [0.2, 0.25) is 0 Å². The van der Waals surface area contributed by atoms with E-state index in [2.05, 4.69) is 8.75 Å². The van der Waals surface area contributed by atoms with Crippen LogP contribution in [-0.4, -0.2) is 8.75 Å². The molecular weight excluding hydrogens is 170 g/mol. The van der Waals surface area contributed by atoms with Crippen LogP contribution in [0.25, 0.3) is 11.0 Å². The number of hydrogen-bond acceptors (Lipinski definition) is 4. The Balaban J connectivity index is 2.60. The third kappa shape index (κ3) is 1.19. The number of nitrogens with zero attached hydrogens (tertiary/aromatic N) is 2. The lowest BCUT2D eigenvalue weighted by Gasteiger charge is -2.03. The van der Waals surface area contributed by atoms with Gasteiger partial charge in [0.05, 0.1) is 11.7 Å². The number of nitrogens with two attached hydrogens (primary N) is 1. The summed E-state index contributed by atoms with van der Waals surface area (Å²) in [6.07, 6.45) is 0. The van der Waals surface area contributed by atoms with Crippen molar-refractivity contribution in [2.75, 3.05) is 0 Å². The summed E-state index contributed by atoms with van der Waals surface area (Å²) in [5, 5.41) is 0. The molecule has 4 heteroatoms. The zero-order chi connectivity index (χ0) is 8.55. The molecule has 0 spiro atoms. The van der Waals surface area contributed by atoms with Crippen molar-refractivity contribution in [3.8, 4) is 0 Å². The molecule has 0 saturated carbocycles. The van der Waals surface area contributed by atoms with E-state index in [4.69, 9.17) is 5.73 Å². The van der Waals surface area contributed by atoms with Gasteiger partial charge in [0.15, 0.2) is 0 Å². The highest BCUT2D eigenvalue weighted by atomic mass is 32.1. The third-order valence-electron chi connectivity index (χ3n) is 1.80. The average Bonchev–Trinajstić information content (AvgIpc) is 2.49. The summed E-state index contributed by atoms with van der Waals surface area (Å²) >= 11 is 1.23. The summed E-state index contributed by atoms with van der Waals surface area (Å²) in [4.78, 5) is 0. The highest BCUT2D eigenvalue weighted by Gasteiger charge is 2.02. The standard InChI is InChI=1S/C8H9N3S/c1-5(9)6-2-3-7-8(4-6)11-12-10-7/h2-5H,9H2,1H3. The molecule has 2 rings (SSSR count). The fourth-order valence-corrected chi connectivity index (χ4v) is 1.60. The summed E-state index contributed by atoms with van der Waals surface area (Å²) in [5.74, 6) is 0. The van der Waals surface area contributed by atoms with Crippen LogP contribution in [0.3, 0.4) is 0 Å². The van der Waals surface area contributed by atoms with Crippen LogP contribution in [0, 0.1) is 0 Å². The van der Waals surface area contributed by atoms with E-state index in [0.717, 1.165) is 16.6 Å². The molecule has 0 bridgehead atoms. The molecule has 0 amide bonds. The minimum Gasteiger partial charge on any atom is -0.324 e. The summed E-state index contributed by atoms with van der Waals surface area (Å²) in [7, 11) is 0. The van der Waals surface area contributed by atoms with Gasteiger partial charge < -0.3 is 5.73 Å². The molecule has 2 N–H and O–H groups in total. The van der Waals surface area contributed by atoms with Crippen LogP contribution in [0.5, 0.6) is 0 Å². The summed E-state index contributed by atoms with van der Waals surface area (Å²) in [5.41, 5.74) is 8.72. The van der Waals surface area contributed by atoms with Gasteiger partial charge in [0.25, 0.3) is 0 Å². The van der Waals surface area contributed by atoms with Crippen LogP contribution in [-0.2, 0) is 0 Å². The Bertz CT molecular complexity index is 394. The highest BCUT2D eigenvalue weighted by molar-refractivity contribution is 7.00. The fraction of sp³-hybridized carbons (Fsp3) is 0.250. The molecule has 0 aliphatic rings. The fourth-order valence-electron chi connectivity index (χ4n) is 1.08. The Morgan fingerprint density at radius 1 is 1.33 bits per heavy atom. The van der Waals surface area contributed by atoms with E-state index < -0.39 is 0 Å². The first-order valence-corrected chi connectivity index (χ1v) is 4.48. The number of rotatable bonds is 1. The van der Waals surface area contributed by atoms with Gasteiger partial charge in [-0.3, -0.25) is 0 Å². The molecule has 1 aromatic heterocycles. The van der Waals surface area contributed by atoms with Crippen molar-refractivity contribution in [3.63, 3.8) is 0 Å². The second-order valence-electron chi connectivity index (χ2n) is 2.80. The lowest BCUT2D eigenvalue weighted by atomic mass is 10.1. The molecule has 1 atom stereocenters. The second kappa shape index (κ2) is 2.80. The number of fused-ring (bicyclic) bond motifs is 1. The summed E-state index contributed by atoms with van der Waals surface area (Å²) in [6, 6.07) is 6.01. The van der Waals surface area contributed by atoms with Crippen LogP contribution >= 0.6 is 11.7 Å². The van der Waals surface area contributed by atoms with Crippen LogP contribution in [0.4, 0.5) is 0 Å². The lowest BCUT2D eigenvalue weighted by Crippen LogP contribution is -2.04. The van der Waals surface area contributed by atoms with Gasteiger partial charge in [-0.25, -0.2) is 0 Å². The molecule has 62 valence electrons. The van der Waals surface area contributed by atoms with E-state index in [0.29, 0.717) is 0 Å². The zero-order valence-corrected chi connectivity index (χ0v) is 7.51. The van der Waals surface area contributed by atoms with E-state index in [-0.39, 0.29) is 6.04 Å². The smallest absolute Gasteiger partial charge is 0.105 e. The van der Waals surface area contributed by atoms with E-state index in [9.17, 15) is 0 Å². The molecule has 1 aromatic carbocycles. The topological polar surface area (TPSA) is 51.8 Å². The molecule has 0 radical (unpaired) electrons. The van der Waals surface area contributed by atoms with E-state index in [1.807, 2.05) is 25.1 Å². The van der Waals surface area contributed by atoms with Crippen molar-refractivity contribution in [1.82, 2.24) is 8.75 Å². The van der Waals surface area contributed by atoms with Gasteiger partial charge in [0.2, 0.25) is 0 Å². The SMILES string of the molecule is CC(N)c1ccc2nsnc2c1. The molecule has 0 saturated heterocycles. The molecule has 1 unspecified atom stereocenters. The lowest BCUT2D eigenvalue weighted by molar-refractivity contribution is 0.819. The van der Waals surface area contributed by atoms with Gasteiger partial charge in [-0.05, 0) is 24.6 Å². The normalized spacial score (nSPS) is 13.5. The maximum absolute atomic E-state index is 5.73. The zero-order valence-electron chi connectivity index (χ0n) is 6.69. The minimum absolute atomic E-state index is 0.0658. The third-order valence-corrected chi connectivity index (χ3v) is 2.36. The van der Waals surface area contributed by atoms with Crippen molar-refractivity contribution < 1.29 is 0 Å². The van der Waals surface area contributed by atoms with Crippen molar-refractivity contribution in [2.24, 2.45) is 5.73 Å². The quantitative estimate of drug-likeness (QED) is 0.725. The Morgan fingerprint density at radius 2 is 2.08 bits per heavy atom. The molecule has 1 heterocycles. The largest absolute Gasteiger partial charge is 0.324 e. The molecule has 3 nitrogen and oxygen atoms in total. The molecule has 0 fully saturated rings. The number of aromatic nitrogens is 2. The number of hydrogen-bond donors (Lipinski definition) is 1. The van der Waals surface area contributed by atoms with E-state index in [1.165, 1.54) is 11.7 Å². The average molecular weight is 179 g/mol. The van der Waals surface area contributed by atoms with Gasteiger partial charge in [0.1, 0.15) is 11.0 Å². The Hall–Kier alpha value is -1.00. The van der Waals surface area contributed by atoms with Crippen LogP contribution in [0.15, 0.2) is 18.2 Å². The van der Waals surface area contributed by atoms with Crippen molar-refractivity contribution >= 4 is 22.8 Å². The Labute approximate surface area is 74.5 Å². The van der Waals surface area contributed by atoms with E-state index in [1.54, 1.807) is 0 Å². The van der Waals surface area contributed by atoms with Gasteiger partial charge in [-0.2, -0.15) is 8.75 Å².